The van der Waals surface area contributed by atoms with Crippen molar-refractivity contribution in [3.63, 3.8) is 0 Å². The van der Waals surface area contributed by atoms with Crippen LogP contribution in [0.1, 0.15) is 16.1 Å². The normalized spacial score (nSPS) is 10.7. The van der Waals surface area contributed by atoms with Crippen LogP contribution >= 0.6 is 39.1 Å². The van der Waals surface area contributed by atoms with Gasteiger partial charge in [-0.15, -0.1) is 0 Å². The van der Waals surface area contributed by atoms with Gasteiger partial charge < -0.3 is 10.6 Å². The third-order valence-corrected chi connectivity index (χ3v) is 5.90. The number of aryl methyl sites for hydroxylation is 1. The van der Waals surface area contributed by atoms with Gasteiger partial charge in [0, 0.05) is 31.3 Å². The van der Waals surface area contributed by atoms with Crippen LogP contribution < -0.4 is 16.1 Å². The number of nitrogens with zero attached hydrogens (tertiary/aromatic N) is 1. The van der Waals surface area contributed by atoms with Crippen molar-refractivity contribution >= 4 is 79.1 Å². The van der Waals surface area contributed by atoms with Crippen molar-refractivity contribution < 1.29 is 14.4 Å². The van der Waals surface area contributed by atoms with Crippen molar-refractivity contribution in [2.75, 3.05) is 16.1 Å². The number of amides is 3. The van der Waals surface area contributed by atoms with E-state index >= 15 is 0 Å². The van der Waals surface area contributed by atoms with E-state index in [2.05, 4.69) is 32.0 Å². The van der Waals surface area contributed by atoms with Gasteiger partial charge in [-0.1, -0.05) is 45.2 Å². The SMILES string of the molecule is Cc1cc(Br)ccc1NC(=O)c1cc2cc(Cl)ccc2n1NC(=O)C(=O)Nc1cccc(Cl)c1. The number of anilines is 2. The van der Waals surface area contributed by atoms with E-state index in [-0.39, 0.29) is 5.69 Å². The van der Waals surface area contributed by atoms with Gasteiger partial charge in [-0.3, -0.25) is 19.8 Å². The van der Waals surface area contributed by atoms with Gasteiger partial charge in [0.1, 0.15) is 5.69 Å². The minimum absolute atomic E-state index is 0.114. The van der Waals surface area contributed by atoms with E-state index in [1.165, 1.54) is 10.7 Å². The van der Waals surface area contributed by atoms with Crippen LogP contribution in [0.2, 0.25) is 10.0 Å². The second kappa shape index (κ2) is 9.89. The molecule has 3 amide bonds. The molecule has 3 aromatic carbocycles. The van der Waals surface area contributed by atoms with E-state index in [4.69, 9.17) is 23.2 Å². The summed E-state index contributed by atoms with van der Waals surface area (Å²) in [6.45, 7) is 1.86. The van der Waals surface area contributed by atoms with E-state index in [0.717, 1.165) is 10.0 Å². The number of hydrogen-bond donors (Lipinski definition) is 3. The maximum absolute atomic E-state index is 13.2. The smallest absolute Gasteiger partial charge is 0.320 e. The Morgan fingerprint density at radius 2 is 1.62 bits per heavy atom. The molecule has 4 aromatic rings. The first-order valence-electron chi connectivity index (χ1n) is 9.97. The molecule has 34 heavy (non-hydrogen) atoms. The predicted molar refractivity (Wildman–Crippen MR) is 138 cm³/mol. The molecule has 0 atom stereocenters. The quantitative estimate of drug-likeness (QED) is 0.268. The van der Waals surface area contributed by atoms with Gasteiger partial charge in [-0.2, -0.15) is 0 Å². The molecule has 0 spiro atoms. The van der Waals surface area contributed by atoms with Crippen LogP contribution in [-0.4, -0.2) is 22.4 Å². The first-order valence-corrected chi connectivity index (χ1v) is 11.5. The molecular formula is C24H17BrCl2N4O3. The van der Waals surface area contributed by atoms with Crippen LogP contribution in [0.3, 0.4) is 0 Å². The first-order chi connectivity index (χ1) is 16.2. The zero-order valence-electron chi connectivity index (χ0n) is 17.7. The molecule has 0 bridgehead atoms. The van der Waals surface area contributed by atoms with Gasteiger partial charge in [-0.05, 0) is 73.2 Å². The zero-order valence-corrected chi connectivity index (χ0v) is 20.8. The van der Waals surface area contributed by atoms with Crippen LogP contribution in [0.15, 0.2) is 71.2 Å². The van der Waals surface area contributed by atoms with Gasteiger partial charge >= 0.3 is 11.8 Å². The zero-order chi connectivity index (χ0) is 24.4. The molecular weight excluding hydrogens is 543 g/mol. The summed E-state index contributed by atoms with van der Waals surface area (Å²) in [5.74, 6) is -2.37. The summed E-state index contributed by atoms with van der Waals surface area (Å²) in [6.07, 6.45) is 0. The molecule has 7 nitrogen and oxygen atoms in total. The molecule has 1 heterocycles. The number of nitrogens with one attached hydrogen (secondary N) is 3. The molecule has 0 aliphatic carbocycles. The highest BCUT2D eigenvalue weighted by Gasteiger charge is 2.21. The molecule has 1 aromatic heterocycles. The van der Waals surface area contributed by atoms with E-state index < -0.39 is 17.7 Å². The van der Waals surface area contributed by atoms with Crippen molar-refractivity contribution in [2.24, 2.45) is 0 Å². The molecule has 4 rings (SSSR count). The van der Waals surface area contributed by atoms with Crippen molar-refractivity contribution in [1.82, 2.24) is 4.68 Å². The van der Waals surface area contributed by atoms with E-state index in [1.54, 1.807) is 54.6 Å². The lowest BCUT2D eigenvalue weighted by Crippen LogP contribution is -2.36. The van der Waals surface area contributed by atoms with Crippen LogP contribution in [0.4, 0.5) is 11.4 Å². The number of rotatable bonds is 4. The number of aromatic nitrogens is 1. The minimum atomic E-state index is -0.971. The van der Waals surface area contributed by atoms with Gasteiger partial charge in [0.05, 0.1) is 5.52 Å². The van der Waals surface area contributed by atoms with Gasteiger partial charge in [-0.25, -0.2) is 4.68 Å². The second-order valence-corrected chi connectivity index (χ2v) is 9.18. The number of halogens is 3. The monoisotopic (exact) mass is 558 g/mol. The Labute approximate surface area is 213 Å². The standard InChI is InChI=1S/C24H17BrCl2N4O3/c1-13-9-15(25)5-7-19(13)29-22(32)21-11-14-10-17(27)6-8-20(14)31(21)30-24(34)23(33)28-18-4-2-3-16(26)12-18/h2-12H,1H3,(H,28,33)(H,29,32)(H,30,34). The highest BCUT2D eigenvalue weighted by molar-refractivity contribution is 9.10. The Balaban J connectivity index is 1.64. The molecule has 0 saturated carbocycles. The van der Waals surface area contributed by atoms with Crippen LogP contribution in [0, 0.1) is 6.92 Å². The van der Waals surface area contributed by atoms with Gasteiger partial charge in [0.25, 0.3) is 5.91 Å². The van der Waals surface area contributed by atoms with E-state index in [0.29, 0.717) is 32.3 Å². The first kappa shape index (κ1) is 23.8. The lowest BCUT2D eigenvalue weighted by Gasteiger charge is -2.13. The van der Waals surface area contributed by atoms with Gasteiger partial charge in [0.15, 0.2) is 0 Å². The molecule has 3 N–H and O–H groups in total. The Kier molecular flexibility index (Phi) is 6.92. The minimum Gasteiger partial charge on any atom is -0.320 e. The summed E-state index contributed by atoms with van der Waals surface area (Å²) >= 11 is 15.4. The number of benzene rings is 3. The van der Waals surface area contributed by atoms with Crippen molar-refractivity contribution in [3.8, 4) is 0 Å². The molecule has 0 aliphatic rings. The Hall–Kier alpha value is -3.33. The Morgan fingerprint density at radius 1 is 0.853 bits per heavy atom. The maximum Gasteiger partial charge on any atom is 0.328 e. The molecule has 0 aliphatic heterocycles. The molecule has 0 unspecified atom stereocenters. The Morgan fingerprint density at radius 3 is 2.35 bits per heavy atom. The van der Waals surface area contributed by atoms with Crippen molar-refractivity contribution in [3.05, 3.63) is 92.5 Å². The fourth-order valence-electron chi connectivity index (χ4n) is 3.33. The topological polar surface area (TPSA) is 92.2 Å². The number of fused-ring (bicyclic) bond motifs is 1. The molecule has 0 fully saturated rings. The summed E-state index contributed by atoms with van der Waals surface area (Å²) in [5.41, 5.74) is 4.92. The highest BCUT2D eigenvalue weighted by Crippen LogP contribution is 2.25. The van der Waals surface area contributed by atoms with Gasteiger partial charge in [0.2, 0.25) is 0 Å². The lowest BCUT2D eigenvalue weighted by atomic mass is 10.2. The summed E-state index contributed by atoms with van der Waals surface area (Å²) in [7, 11) is 0. The van der Waals surface area contributed by atoms with Crippen molar-refractivity contribution in [2.45, 2.75) is 6.92 Å². The summed E-state index contributed by atoms with van der Waals surface area (Å²) < 4.78 is 2.14. The third kappa shape index (κ3) is 5.25. The third-order valence-electron chi connectivity index (χ3n) is 4.93. The average Bonchev–Trinajstić information content (AvgIpc) is 3.13. The molecule has 10 heteroatoms. The fourth-order valence-corrected chi connectivity index (χ4v) is 4.18. The number of carbonyl (C=O) groups is 3. The van der Waals surface area contributed by atoms with Crippen LogP contribution in [0.25, 0.3) is 10.9 Å². The predicted octanol–water partition coefficient (Wildman–Crippen LogP) is 5.98. The molecule has 172 valence electrons. The fraction of sp³-hybridized carbons (Fsp3) is 0.0417. The van der Waals surface area contributed by atoms with Crippen LogP contribution in [0.5, 0.6) is 0 Å². The lowest BCUT2D eigenvalue weighted by molar-refractivity contribution is -0.133. The summed E-state index contributed by atoms with van der Waals surface area (Å²) in [4.78, 5) is 38.3. The molecule has 0 saturated heterocycles. The van der Waals surface area contributed by atoms with E-state index in [1.807, 2.05) is 13.0 Å². The van der Waals surface area contributed by atoms with Crippen molar-refractivity contribution in [1.29, 1.82) is 0 Å². The van der Waals surface area contributed by atoms with E-state index in [9.17, 15) is 14.4 Å². The highest BCUT2D eigenvalue weighted by atomic mass is 79.9. The Bertz CT molecular complexity index is 1450. The average molecular weight is 560 g/mol. The summed E-state index contributed by atoms with van der Waals surface area (Å²) in [5, 5.41) is 6.80. The molecule has 0 radical (unpaired) electrons. The summed E-state index contributed by atoms with van der Waals surface area (Å²) in [6, 6.07) is 18.4. The largest absolute Gasteiger partial charge is 0.328 e. The number of carbonyl (C=O) groups excluding carboxylic acids is 3. The second-order valence-electron chi connectivity index (χ2n) is 7.39. The van der Waals surface area contributed by atoms with Crippen LogP contribution in [-0.2, 0) is 9.59 Å². The number of hydrogen-bond acceptors (Lipinski definition) is 3. The maximum atomic E-state index is 13.2.